The highest BCUT2D eigenvalue weighted by molar-refractivity contribution is 14.0. The van der Waals surface area contributed by atoms with Gasteiger partial charge >= 0.3 is 5.97 Å². The highest BCUT2D eigenvalue weighted by atomic mass is 127. The van der Waals surface area contributed by atoms with Crippen molar-refractivity contribution in [1.82, 2.24) is 15.1 Å². The van der Waals surface area contributed by atoms with Crippen LogP contribution in [0.5, 0.6) is 0 Å². The lowest BCUT2D eigenvalue weighted by Crippen LogP contribution is -2.48. The predicted molar refractivity (Wildman–Crippen MR) is 126 cm³/mol. The van der Waals surface area contributed by atoms with Crippen LogP contribution in [0.1, 0.15) is 65.2 Å². The van der Waals surface area contributed by atoms with E-state index in [1.165, 1.54) is 51.7 Å². The molecule has 0 aromatic heterocycles. The van der Waals surface area contributed by atoms with Crippen LogP contribution in [0.2, 0.25) is 0 Å². The molecule has 0 bridgehead atoms. The van der Waals surface area contributed by atoms with Gasteiger partial charge < -0.3 is 19.9 Å². The molecular formula is C21H41IN4O2. The second-order valence-corrected chi connectivity index (χ2v) is 7.74. The van der Waals surface area contributed by atoms with E-state index in [1.54, 1.807) is 0 Å². The molecule has 2 fully saturated rings. The summed E-state index contributed by atoms with van der Waals surface area (Å²) in [5.41, 5.74) is 0. The van der Waals surface area contributed by atoms with Crippen LogP contribution in [0, 0.1) is 5.92 Å². The van der Waals surface area contributed by atoms with Gasteiger partial charge in [0.2, 0.25) is 0 Å². The fourth-order valence-electron chi connectivity index (χ4n) is 4.04. The van der Waals surface area contributed by atoms with Crippen molar-refractivity contribution >= 4 is 35.9 Å². The Morgan fingerprint density at radius 1 is 1.07 bits per heavy atom. The molecule has 1 unspecified atom stereocenters. The van der Waals surface area contributed by atoms with Gasteiger partial charge in [-0.15, -0.1) is 24.0 Å². The Kier molecular flexibility index (Phi) is 13.9. The molecule has 6 nitrogen and oxygen atoms in total. The minimum atomic E-state index is -0.0595. The Hall–Kier alpha value is -0.570. The van der Waals surface area contributed by atoms with E-state index >= 15 is 0 Å². The molecule has 0 saturated carbocycles. The summed E-state index contributed by atoms with van der Waals surface area (Å²) in [4.78, 5) is 21.8. The van der Waals surface area contributed by atoms with Crippen molar-refractivity contribution in [2.24, 2.45) is 10.9 Å². The number of nitrogens with one attached hydrogen (secondary N) is 1. The molecule has 2 aliphatic heterocycles. The zero-order valence-electron chi connectivity index (χ0n) is 18.0. The largest absolute Gasteiger partial charge is 0.466 e. The molecule has 0 amide bonds. The number of hydrogen-bond donors (Lipinski definition) is 1. The molecule has 2 heterocycles. The number of piperidine rings is 2. The lowest BCUT2D eigenvalue weighted by atomic mass is 9.98. The number of carbonyl (C=O) groups excluding carboxylic acids is 1. The molecule has 2 aliphatic rings. The first-order chi connectivity index (χ1) is 13.2. The van der Waals surface area contributed by atoms with E-state index in [1.807, 2.05) is 6.92 Å². The third kappa shape index (κ3) is 9.29. The van der Waals surface area contributed by atoms with Crippen LogP contribution in [0.4, 0.5) is 0 Å². The number of guanidine groups is 1. The number of ether oxygens (including phenoxy) is 1. The molecule has 1 N–H and O–H groups in total. The Morgan fingerprint density at radius 3 is 2.57 bits per heavy atom. The van der Waals surface area contributed by atoms with E-state index in [2.05, 4.69) is 22.0 Å². The predicted octanol–water partition coefficient (Wildman–Crippen LogP) is 3.50. The first-order valence-corrected chi connectivity index (χ1v) is 11.2. The van der Waals surface area contributed by atoms with Gasteiger partial charge in [0.15, 0.2) is 5.96 Å². The first-order valence-electron chi connectivity index (χ1n) is 11.2. The number of esters is 1. The first kappa shape index (κ1) is 25.5. The fraction of sp³-hybridized carbons (Fsp3) is 0.905. The van der Waals surface area contributed by atoms with Gasteiger partial charge in [-0.05, 0) is 72.0 Å². The second-order valence-electron chi connectivity index (χ2n) is 7.74. The van der Waals surface area contributed by atoms with Gasteiger partial charge in [0.1, 0.15) is 0 Å². The van der Waals surface area contributed by atoms with Crippen molar-refractivity contribution in [3.8, 4) is 0 Å². The van der Waals surface area contributed by atoms with Crippen molar-refractivity contribution < 1.29 is 9.53 Å². The normalized spacial score (nSPS) is 21.1. The molecule has 0 aromatic carbocycles. The van der Waals surface area contributed by atoms with E-state index in [4.69, 9.17) is 9.73 Å². The van der Waals surface area contributed by atoms with Gasteiger partial charge in [-0.2, -0.15) is 0 Å². The number of halogens is 1. The molecule has 164 valence electrons. The third-order valence-corrected chi connectivity index (χ3v) is 5.52. The minimum absolute atomic E-state index is 0. The molecule has 1 atom stereocenters. The van der Waals surface area contributed by atoms with Crippen molar-refractivity contribution in [2.45, 2.75) is 65.2 Å². The Morgan fingerprint density at radius 2 is 1.86 bits per heavy atom. The van der Waals surface area contributed by atoms with Crippen molar-refractivity contribution in [3.63, 3.8) is 0 Å². The van der Waals surface area contributed by atoms with Gasteiger partial charge in [0.05, 0.1) is 12.5 Å². The van der Waals surface area contributed by atoms with Crippen molar-refractivity contribution in [1.29, 1.82) is 0 Å². The monoisotopic (exact) mass is 508 g/mol. The molecule has 0 radical (unpaired) electrons. The zero-order valence-corrected chi connectivity index (χ0v) is 20.3. The summed E-state index contributed by atoms with van der Waals surface area (Å²) in [5, 5.41) is 3.40. The highest BCUT2D eigenvalue weighted by Gasteiger charge is 2.28. The summed E-state index contributed by atoms with van der Waals surface area (Å²) < 4.78 is 5.21. The van der Waals surface area contributed by atoms with Gasteiger partial charge in [-0.1, -0.05) is 12.8 Å². The van der Waals surface area contributed by atoms with E-state index in [0.29, 0.717) is 6.61 Å². The molecule has 0 aliphatic carbocycles. The Balaban J connectivity index is 0.00000392. The number of likely N-dealkylation sites (tertiary alicyclic amines) is 2. The number of aliphatic imine (C=N–C) groups is 1. The number of nitrogens with zero attached hydrogens (tertiary/aromatic N) is 3. The maximum atomic E-state index is 12.1. The zero-order chi connectivity index (χ0) is 19.3. The number of carbonyl (C=O) groups is 1. The summed E-state index contributed by atoms with van der Waals surface area (Å²) in [5.74, 6) is 0.880. The molecule has 2 rings (SSSR count). The number of hydrogen-bond acceptors (Lipinski definition) is 4. The van der Waals surface area contributed by atoms with Crippen LogP contribution < -0.4 is 5.32 Å². The molecule has 7 heteroatoms. The van der Waals surface area contributed by atoms with Crippen LogP contribution in [0.15, 0.2) is 4.99 Å². The highest BCUT2D eigenvalue weighted by Crippen LogP contribution is 2.18. The molecule has 28 heavy (non-hydrogen) atoms. The molecule has 2 saturated heterocycles. The van der Waals surface area contributed by atoms with Gasteiger partial charge in [0, 0.05) is 26.2 Å². The quantitative estimate of drug-likeness (QED) is 0.170. The topological polar surface area (TPSA) is 57.2 Å². The third-order valence-electron chi connectivity index (χ3n) is 5.52. The van der Waals surface area contributed by atoms with Crippen LogP contribution in [-0.4, -0.2) is 74.1 Å². The average molecular weight is 508 g/mol. The number of unbranched alkanes of at least 4 members (excludes halogenated alkanes) is 2. The number of rotatable bonds is 9. The van der Waals surface area contributed by atoms with Gasteiger partial charge in [-0.25, -0.2) is 0 Å². The SMILES string of the molecule is CCNC(=NCCCCCN1CCCCC1)N1CCCC(C(=O)OCC)C1.I. The smallest absolute Gasteiger partial charge is 0.310 e. The van der Waals surface area contributed by atoms with E-state index in [9.17, 15) is 4.79 Å². The van der Waals surface area contributed by atoms with Crippen LogP contribution >= 0.6 is 24.0 Å². The minimum Gasteiger partial charge on any atom is -0.466 e. The van der Waals surface area contributed by atoms with E-state index in [0.717, 1.165) is 51.4 Å². The summed E-state index contributed by atoms with van der Waals surface area (Å²) in [6, 6.07) is 0. The maximum absolute atomic E-state index is 12.1. The molecular weight excluding hydrogens is 467 g/mol. The van der Waals surface area contributed by atoms with Crippen molar-refractivity contribution in [3.05, 3.63) is 0 Å². The Labute approximate surface area is 188 Å². The Bertz CT molecular complexity index is 456. The molecule has 0 spiro atoms. The lowest BCUT2D eigenvalue weighted by molar-refractivity contribution is -0.149. The van der Waals surface area contributed by atoms with Gasteiger partial charge in [-0.3, -0.25) is 9.79 Å². The van der Waals surface area contributed by atoms with Crippen LogP contribution in [-0.2, 0) is 9.53 Å². The standard InChI is InChI=1S/C21H40N4O2.HI/c1-3-22-21(25-17-11-12-19(18-25)20(26)27-4-2)23-13-7-5-8-14-24-15-9-6-10-16-24;/h19H,3-18H2,1-2H3,(H,22,23);1H. The maximum Gasteiger partial charge on any atom is 0.310 e. The lowest BCUT2D eigenvalue weighted by Gasteiger charge is -2.34. The average Bonchev–Trinajstić information content (AvgIpc) is 2.71. The second kappa shape index (κ2) is 15.3. The van der Waals surface area contributed by atoms with Crippen LogP contribution in [0.25, 0.3) is 0 Å². The van der Waals surface area contributed by atoms with E-state index < -0.39 is 0 Å². The van der Waals surface area contributed by atoms with Gasteiger partial charge in [0.25, 0.3) is 0 Å². The fourth-order valence-corrected chi connectivity index (χ4v) is 4.04. The summed E-state index contributed by atoms with van der Waals surface area (Å²) >= 11 is 0. The van der Waals surface area contributed by atoms with E-state index in [-0.39, 0.29) is 35.9 Å². The van der Waals surface area contributed by atoms with Crippen molar-refractivity contribution in [2.75, 3.05) is 52.4 Å². The van der Waals surface area contributed by atoms with Crippen LogP contribution in [0.3, 0.4) is 0 Å². The summed E-state index contributed by atoms with van der Waals surface area (Å²) in [7, 11) is 0. The summed E-state index contributed by atoms with van der Waals surface area (Å²) in [6.07, 6.45) is 9.75. The summed E-state index contributed by atoms with van der Waals surface area (Å²) in [6.45, 7) is 11.7. The molecule has 0 aromatic rings.